The van der Waals surface area contributed by atoms with Crippen molar-refractivity contribution >= 4 is 39.3 Å². The third-order valence-corrected chi connectivity index (χ3v) is 8.64. The van der Waals surface area contributed by atoms with Crippen LogP contribution in [0.15, 0.2) is 82.4 Å². The Morgan fingerprint density at radius 2 is 1.73 bits per heavy atom. The molecule has 0 radical (unpaired) electrons. The highest BCUT2D eigenvalue weighted by atomic mass is 32.1. The van der Waals surface area contributed by atoms with Crippen LogP contribution in [0.2, 0.25) is 0 Å². The molecule has 0 aliphatic carbocycles. The van der Waals surface area contributed by atoms with Gasteiger partial charge in [0.2, 0.25) is 0 Å². The highest BCUT2D eigenvalue weighted by molar-refractivity contribution is 7.18. The molecule has 0 aliphatic rings. The van der Waals surface area contributed by atoms with Crippen LogP contribution in [0.4, 0.5) is 4.79 Å². The number of thiophene rings is 1. The molecular formula is C33H29N4O6S-. The predicted molar refractivity (Wildman–Crippen MR) is 168 cm³/mol. The van der Waals surface area contributed by atoms with Crippen LogP contribution in [-0.4, -0.2) is 34.0 Å². The monoisotopic (exact) mass is 609 g/mol. The molecule has 10 nitrogen and oxygen atoms in total. The molecule has 0 fully saturated rings. The number of amides is 1. The first-order valence-corrected chi connectivity index (χ1v) is 14.6. The maximum atomic E-state index is 13.8. The first-order valence-electron chi connectivity index (χ1n) is 13.8. The highest BCUT2D eigenvalue weighted by Gasteiger charge is 2.20. The zero-order valence-electron chi connectivity index (χ0n) is 24.3. The summed E-state index contributed by atoms with van der Waals surface area (Å²) >= 11 is 1.38. The number of rotatable bonds is 9. The summed E-state index contributed by atoms with van der Waals surface area (Å²) in [7, 11) is 1.54. The summed E-state index contributed by atoms with van der Waals surface area (Å²) in [5.74, 6) is -0.0342. The molecule has 0 spiro atoms. The Morgan fingerprint density at radius 3 is 2.39 bits per heavy atom. The van der Waals surface area contributed by atoms with E-state index in [1.54, 1.807) is 55.6 Å². The number of hydrogen-bond donors (Lipinski definition) is 2. The van der Waals surface area contributed by atoms with Crippen LogP contribution < -0.4 is 26.4 Å². The van der Waals surface area contributed by atoms with Crippen molar-refractivity contribution in [3.63, 3.8) is 0 Å². The maximum Gasteiger partial charge on any atom is 0.332 e. The Balaban J connectivity index is 1.51. The molecule has 0 atom stereocenters. The number of ketones is 1. The molecule has 2 aromatic heterocycles. The number of benzene rings is 3. The number of carboxylic acid groups (broad SMARTS) is 1. The summed E-state index contributed by atoms with van der Waals surface area (Å²) in [6.07, 6.45) is -0.883. The second kappa shape index (κ2) is 12.5. The van der Waals surface area contributed by atoms with E-state index in [0.717, 1.165) is 26.1 Å². The highest BCUT2D eigenvalue weighted by Crippen LogP contribution is 2.26. The second-order valence-corrected chi connectivity index (χ2v) is 11.3. The Bertz CT molecular complexity index is 2040. The third-order valence-electron chi connectivity index (χ3n) is 7.34. The number of nitrogens with one attached hydrogen (secondary N) is 2. The van der Waals surface area contributed by atoms with Gasteiger partial charge in [0, 0.05) is 16.0 Å². The van der Waals surface area contributed by atoms with Crippen LogP contribution in [0, 0.1) is 12.3 Å². The van der Waals surface area contributed by atoms with E-state index < -0.39 is 23.9 Å². The van der Waals surface area contributed by atoms with Gasteiger partial charge >= 0.3 is 5.69 Å². The zero-order chi connectivity index (χ0) is 31.5. The molecule has 5 aromatic rings. The Hall–Kier alpha value is -5.29. The molecule has 2 N–H and O–H groups in total. The van der Waals surface area contributed by atoms with Gasteiger partial charge in [-0.05, 0) is 59.9 Å². The van der Waals surface area contributed by atoms with E-state index in [2.05, 4.69) is 0 Å². The summed E-state index contributed by atoms with van der Waals surface area (Å²) < 4.78 is 7.80. The van der Waals surface area contributed by atoms with Gasteiger partial charge in [0.1, 0.15) is 22.5 Å². The summed E-state index contributed by atoms with van der Waals surface area (Å²) in [5, 5.41) is 21.4. The number of nitrogens with zero attached hydrogens (tertiary/aromatic N) is 2. The van der Waals surface area contributed by atoms with Gasteiger partial charge in [0.15, 0.2) is 5.78 Å². The smallest absolute Gasteiger partial charge is 0.332 e. The van der Waals surface area contributed by atoms with Crippen LogP contribution in [0.3, 0.4) is 0 Å². The fraction of sp³-hybridized carbons (Fsp3) is 0.182. The van der Waals surface area contributed by atoms with Crippen LogP contribution in [0.1, 0.15) is 38.8 Å². The van der Waals surface area contributed by atoms with Gasteiger partial charge in [-0.3, -0.25) is 24.1 Å². The molecule has 3 aromatic carbocycles. The van der Waals surface area contributed by atoms with Crippen molar-refractivity contribution < 1.29 is 19.4 Å². The largest absolute Gasteiger partial charge is 0.530 e. The molecule has 0 saturated carbocycles. The number of methoxy groups -OCH3 is 1. The van der Waals surface area contributed by atoms with Crippen molar-refractivity contribution in [2.75, 3.05) is 7.11 Å². The number of ether oxygens (including phenoxy) is 1. The van der Waals surface area contributed by atoms with Crippen LogP contribution >= 0.6 is 11.3 Å². The van der Waals surface area contributed by atoms with Crippen molar-refractivity contribution in [3.05, 3.63) is 121 Å². The van der Waals surface area contributed by atoms with Crippen molar-refractivity contribution in [2.24, 2.45) is 0 Å². The summed E-state index contributed by atoms with van der Waals surface area (Å²) in [6, 6.07) is 21.0. The molecule has 2 heterocycles. The van der Waals surface area contributed by atoms with Crippen molar-refractivity contribution in [3.8, 4) is 16.9 Å². The third kappa shape index (κ3) is 5.95. The van der Waals surface area contributed by atoms with Gasteiger partial charge in [-0.2, -0.15) is 0 Å². The fourth-order valence-corrected chi connectivity index (χ4v) is 6.16. The van der Waals surface area contributed by atoms with Gasteiger partial charge < -0.3 is 20.0 Å². The first kappa shape index (κ1) is 30.2. The molecule has 0 unspecified atom stereocenters. The van der Waals surface area contributed by atoms with Crippen molar-refractivity contribution in [1.82, 2.24) is 14.5 Å². The SMILES string of the molecule is CCc1cc2c(=O)n(CC(=O)c3ccc(OC)c(C)c3)c(=O)n(Cc3ccc(-c4ccccc4C(=N)NC(=O)[O-])cc3)c2s1. The maximum absolute atomic E-state index is 13.8. The van der Waals surface area contributed by atoms with Gasteiger partial charge in [0.25, 0.3) is 5.56 Å². The van der Waals surface area contributed by atoms with Crippen molar-refractivity contribution in [2.45, 2.75) is 33.4 Å². The lowest BCUT2D eigenvalue weighted by Crippen LogP contribution is -2.41. The normalized spacial score (nSPS) is 11.0. The first-order chi connectivity index (χ1) is 21.1. The molecule has 0 aliphatic heterocycles. The molecule has 0 bridgehead atoms. The Labute approximate surface area is 256 Å². The number of amidine groups is 1. The van der Waals surface area contributed by atoms with E-state index >= 15 is 0 Å². The number of carbonyl (C=O) groups is 2. The standard InChI is InChI=1S/C33H30N4O6S/c1-4-23-16-26-30(39)36(18-27(38)22-13-14-28(43-3)19(2)15-22)33(42)37(31(26)44-23)17-20-9-11-21(12-10-20)24-7-5-6-8-25(24)29(34)35-32(40)41/h5-16H,4,17-18H2,1-3H3,(H2,34,35)(H,40,41)/p-1. The van der Waals surface area contributed by atoms with Crippen LogP contribution in [0.25, 0.3) is 21.3 Å². The Kier molecular flexibility index (Phi) is 8.59. The molecule has 1 amide bonds. The lowest BCUT2D eigenvalue weighted by Gasteiger charge is -2.14. The number of aryl methyl sites for hydroxylation is 2. The molecule has 11 heteroatoms. The minimum absolute atomic E-state index is 0.152. The molecule has 0 saturated heterocycles. The van der Waals surface area contributed by atoms with E-state index in [4.69, 9.17) is 10.1 Å². The number of hydrogen-bond acceptors (Lipinski definition) is 8. The number of aromatic nitrogens is 2. The van der Waals surface area contributed by atoms with Gasteiger partial charge in [-0.1, -0.05) is 55.5 Å². The minimum atomic E-state index is -1.57. The average molecular weight is 610 g/mol. The average Bonchev–Trinajstić information content (AvgIpc) is 3.46. The minimum Gasteiger partial charge on any atom is -0.530 e. The second-order valence-electron chi connectivity index (χ2n) is 10.2. The van der Waals surface area contributed by atoms with Crippen molar-refractivity contribution in [1.29, 1.82) is 5.41 Å². The molecular weight excluding hydrogens is 580 g/mol. The van der Waals surface area contributed by atoms with Crippen LogP contribution in [-0.2, 0) is 19.5 Å². The molecule has 224 valence electrons. The summed E-state index contributed by atoms with van der Waals surface area (Å²) in [5.41, 5.74) is 2.59. The van der Waals surface area contributed by atoms with Gasteiger partial charge in [-0.15, -0.1) is 11.3 Å². The number of fused-ring (bicyclic) bond motifs is 1. The Morgan fingerprint density at radius 1 is 1.00 bits per heavy atom. The van der Waals surface area contributed by atoms with Gasteiger partial charge in [-0.25, -0.2) is 4.79 Å². The van der Waals surface area contributed by atoms with E-state index in [0.29, 0.717) is 39.1 Å². The molecule has 5 rings (SSSR count). The van der Waals surface area contributed by atoms with Gasteiger partial charge in [0.05, 0.1) is 25.6 Å². The van der Waals surface area contributed by atoms with E-state index in [9.17, 15) is 24.3 Å². The quantitative estimate of drug-likeness (QED) is 0.147. The van der Waals surface area contributed by atoms with E-state index in [-0.39, 0.29) is 18.2 Å². The lowest BCUT2D eigenvalue weighted by atomic mass is 9.98. The van der Waals surface area contributed by atoms with E-state index in [1.165, 1.54) is 15.9 Å². The lowest BCUT2D eigenvalue weighted by molar-refractivity contribution is -0.248. The fourth-order valence-electron chi connectivity index (χ4n) is 5.08. The number of carbonyl (C=O) groups excluding carboxylic acids is 2. The summed E-state index contributed by atoms with van der Waals surface area (Å²) in [4.78, 5) is 53.0. The van der Waals surface area contributed by atoms with E-state index in [1.807, 2.05) is 43.4 Å². The summed E-state index contributed by atoms with van der Waals surface area (Å²) in [6.45, 7) is 3.54. The predicted octanol–water partition coefficient (Wildman–Crippen LogP) is 3.96. The zero-order valence-corrected chi connectivity index (χ0v) is 25.1. The van der Waals surface area contributed by atoms with Crippen LogP contribution in [0.5, 0.6) is 5.75 Å². The topological polar surface area (TPSA) is 146 Å². The number of Topliss-reactive ketones (excluding diaryl/α,β-unsaturated/α-hetero) is 1. The molecule has 44 heavy (non-hydrogen) atoms.